The van der Waals surface area contributed by atoms with Crippen LogP contribution in [0.15, 0.2) is 0 Å². The van der Waals surface area contributed by atoms with Crippen LogP contribution in [0.1, 0.15) is 51.4 Å². The molecule has 0 heterocycles. The van der Waals surface area contributed by atoms with E-state index in [0.717, 1.165) is 12.3 Å². The molecule has 0 atom stereocenters. The third-order valence-electron chi connectivity index (χ3n) is 2.75. The second-order valence-corrected chi connectivity index (χ2v) is 3.72. The molecule has 1 heteroatoms. The van der Waals surface area contributed by atoms with E-state index in [1.807, 2.05) is 0 Å². The van der Waals surface area contributed by atoms with Gasteiger partial charge in [0.2, 0.25) is 0 Å². The molecule has 1 N–H and O–H groups in total. The number of hydrogen-bond donors (Lipinski definition) is 1. The minimum Gasteiger partial charge on any atom is -0.396 e. The lowest BCUT2D eigenvalue weighted by Gasteiger charge is -2.20. The maximum Gasteiger partial charge on any atom is 0.0431 e. The minimum absolute atomic E-state index is 0.382. The predicted octanol–water partition coefficient (Wildman–Crippen LogP) is 2.73. The van der Waals surface area contributed by atoms with Crippen molar-refractivity contribution in [3.63, 3.8) is 0 Å². The van der Waals surface area contributed by atoms with Crippen molar-refractivity contribution in [2.45, 2.75) is 51.4 Å². The van der Waals surface area contributed by atoms with Gasteiger partial charge >= 0.3 is 0 Å². The van der Waals surface area contributed by atoms with E-state index < -0.39 is 0 Å². The number of aliphatic hydroxyl groups excluding tert-OH is 1. The summed E-state index contributed by atoms with van der Waals surface area (Å²) in [6, 6.07) is 0. The monoisotopic (exact) mass is 156 g/mol. The molecule has 0 radical (unpaired) electrons. The van der Waals surface area contributed by atoms with Crippen molar-refractivity contribution in [3.8, 4) is 0 Å². The predicted molar refractivity (Wildman–Crippen MR) is 47.5 cm³/mol. The first-order valence-electron chi connectivity index (χ1n) is 5.04. The van der Waals surface area contributed by atoms with Gasteiger partial charge in [0.15, 0.2) is 0 Å². The molecule has 11 heavy (non-hydrogen) atoms. The average Bonchev–Trinajstić information content (AvgIpc) is 2.07. The molecule has 0 bridgehead atoms. The maximum absolute atomic E-state index is 8.60. The van der Waals surface area contributed by atoms with Gasteiger partial charge in [-0.15, -0.1) is 0 Å². The van der Waals surface area contributed by atoms with Crippen LogP contribution < -0.4 is 0 Å². The van der Waals surface area contributed by atoms with E-state index in [9.17, 15) is 0 Å². The summed E-state index contributed by atoms with van der Waals surface area (Å²) >= 11 is 0. The number of hydrogen-bond acceptors (Lipinski definition) is 1. The summed E-state index contributed by atoms with van der Waals surface area (Å²) in [5.74, 6) is 0.996. The molecule has 0 amide bonds. The summed E-state index contributed by atoms with van der Waals surface area (Å²) in [7, 11) is 0. The zero-order chi connectivity index (χ0) is 7.94. The highest BCUT2D eigenvalue weighted by Gasteiger charge is 2.11. The zero-order valence-corrected chi connectivity index (χ0v) is 7.39. The Bertz CT molecular complexity index is 84.9. The molecule has 0 aromatic carbocycles. The zero-order valence-electron chi connectivity index (χ0n) is 7.39. The first-order chi connectivity index (χ1) is 5.43. The standard InChI is InChI=1S/C10H20O/c11-9-5-4-8-10-6-2-1-3-7-10/h10-11H,1-9H2. The van der Waals surface area contributed by atoms with E-state index in [0.29, 0.717) is 6.61 Å². The first-order valence-corrected chi connectivity index (χ1v) is 5.04. The van der Waals surface area contributed by atoms with Crippen LogP contribution in [0, 0.1) is 5.92 Å². The number of rotatable bonds is 4. The van der Waals surface area contributed by atoms with Gasteiger partial charge < -0.3 is 5.11 Å². The smallest absolute Gasteiger partial charge is 0.0431 e. The first kappa shape index (κ1) is 9.05. The Morgan fingerprint density at radius 2 is 1.73 bits per heavy atom. The van der Waals surface area contributed by atoms with Crippen molar-refractivity contribution in [3.05, 3.63) is 0 Å². The summed E-state index contributed by atoms with van der Waals surface area (Å²) in [5.41, 5.74) is 0. The summed E-state index contributed by atoms with van der Waals surface area (Å²) in [5, 5.41) is 8.60. The van der Waals surface area contributed by atoms with E-state index in [1.165, 1.54) is 44.9 Å². The molecule has 0 aliphatic heterocycles. The van der Waals surface area contributed by atoms with Crippen LogP contribution in [-0.4, -0.2) is 11.7 Å². The molecule has 1 nitrogen and oxygen atoms in total. The van der Waals surface area contributed by atoms with Gasteiger partial charge in [-0.25, -0.2) is 0 Å². The van der Waals surface area contributed by atoms with Crippen LogP contribution in [0.2, 0.25) is 0 Å². The van der Waals surface area contributed by atoms with E-state index in [2.05, 4.69) is 0 Å². The molecule has 0 unspecified atom stereocenters. The van der Waals surface area contributed by atoms with Crippen LogP contribution in [0.4, 0.5) is 0 Å². The highest BCUT2D eigenvalue weighted by Crippen LogP contribution is 2.27. The fourth-order valence-corrected chi connectivity index (χ4v) is 2.02. The Hall–Kier alpha value is -0.0400. The molecule has 0 saturated heterocycles. The molecule has 1 aliphatic carbocycles. The summed E-state index contributed by atoms with van der Waals surface area (Å²) < 4.78 is 0. The van der Waals surface area contributed by atoms with E-state index in [-0.39, 0.29) is 0 Å². The molecule has 66 valence electrons. The van der Waals surface area contributed by atoms with Crippen molar-refractivity contribution < 1.29 is 5.11 Å². The van der Waals surface area contributed by atoms with Crippen LogP contribution in [0.3, 0.4) is 0 Å². The Labute approximate surface area is 69.8 Å². The summed E-state index contributed by atoms with van der Waals surface area (Å²) in [6.07, 6.45) is 10.9. The van der Waals surface area contributed by atoms with Gasteiger partial charge in [0.1, 0.15) is 0 Å². The third kappa shape index (κ3) is 3.76. The maximum atomic E-state index is 8.60. The summed E-state index contributed by atoms with van der Waals surface area (Å²) in [6.45, 7) is 0.382. The van der Waals surface area contributed by atoms with Crippen LogP contribution in [0.25, 0.3) is 0 Å². The van der Waals surface area contributed by atoms with Crippen molar-refractivity contribution in [1.29, 1.82) is 0 Å². The summed E-state index contributed by atoms with van der Waals surface area (Å²) in [4.78, 5) is 0. The second-order valence-electron chi connectivity index (χ2n) is 3.72. The quantitative estimate of drug-likeness (QED) is 0.620. The number of aliphatic hydroxyl groups is 1. The normalized spacial score (nSPS) is 20.5. The minimum atomic E-state index is 0.382. The van der Waals surface area contributed by atoms with Crippen molar-refractivity contribution in [1.82, 2.24) is 0 Å². The number of unbranched alkanes of at least 4 members (excludes halogenated alkanes) is 1. The lowest BCUT2D eigenvalue weighted by molar-refractivity contribution is 0.267. The van der Waals surface area contributed by atoms with Crippen LogP contribution in [-0.2, 0) is 0 Å². The molecule has 1 fully saturated rings. The molecule has 1 aliphatic rings. The molecular formula is C10H20O. The van der Waals surface area contributed by atoms with Crippen LogP contribution >= 0.6 is 0 Å². The Morgan fingerprint density at radius 3 is 2.36 bits per heavy atom. The van der Waals surface area contributed by atoms with Gasteiger partial charge in [-0.05, 0) is 12.3 Å². The van der Waals surface area contributed by atoms with E-state index in [1.54, 1.807) is 0 Å². The molecule has 0 spiro atoms. The van der Waals surface area contributed by atoms with E-state index >= 15 is 0 Å². The van der Waals surface area contributed by atoms with Crippen molar-refractivity contribution in [2.24, 2.45) is 5.92 Å². The lowest BCUT2D eigenvalue weighted by atomic mass is 9.86. The fourth-order valence-electron chi connectivity index (χ4n) is 2.02. The topological polar surface area (TPSA) is 20.2 Å². The fraction of sp³-hybridized carbons (Fsp3) is 1.00. The Balaban J connectivity index is 1.96. The van der Waals surface area contributed by atoms with Gasteiger partial charge in [0.05, 0.1) is 0 Å². The van der Waals surface area contributed by atoms with Gasteiger partial charge in [-0.2, -0.15) is 0 Å². The third-order valence-corrected chi connectivity index (χ3v) is 2.75. The van der Waals surface area contributed by atoms with Gasteiger partial charge in [0, 0.05) is 6.61 Å². The molecule has 1 rings (SSSR count). The van der Waals surface area contributed by atoms with Crippen LogP contribution in [0.5, 0.6) is 0 Å². The van der Waals surface area contributed by atoms with Crippen molar-refractivity contribution >= 4 is 0 Å². The molecule has 1 saturated carbocycles. The SMILES string of the molecule is OCCCCC1CCCCC1. The highest BCUT2D eigenvalue weighted by molar-refractivity contribution is 4.65. The van der Waals surface area contributed by atoms with Gasteiger partial charge in [-0.3, -0.25) is 0 Å². The largest absolute Gasteiger partial charge is 0.396 e. The lowest BCUT2D eigenvalue weighted by Crippen LogP contribution is -2.05. The molecule has 0 aromatic rings. The van der Waals surface area contributed by atoms with E-state index in [4.69, 9.17) is 5.11 Å². The molecular weight excluding hydrogens is 136 g/mol. The average molecular weight is 156 g/mol. The van der Waals surface area contributed by atoms with Crippen molar-refractivity contribution in [2.75, 3.05) is 6.61 Å². The Kier molecular flexibility index (Phi) is 4.60. The molecule has 0 aromatic heterocycles. The highest BCUT2D eigenvalue weighted by atomic mass is 16.2. The Morgan fingerprint density at radius 1 is 1.00 bits per heavy atom. The van der Waals surface area contributed by atoms with Gasteiger partial charge in [0.25, 0.3) is 0 Å². The van der Waals surface area contributed by atoms with Gasteiger partial charge in [-0.1, -0.05) is 44.9 Å². The second kappa shape index (κ2) is 5.59.